The summed E-state index contributed by atoms with van der Waals surface area (Å²) in [4.78, 5) is 12.1. The van der Waals surface area contributed by atoms with Gasteiger partial charge in [0.2, 0.25) is 0 Å². The number of aryl methyl sites for hydroxylation is 1. The Morgan fingerprint density at radius 2 is 1.61 bits per heavy atom. The van der Waals surface area contributed by atoms with Crippen LogP contribution in [0.3, 0.4) is 0 Å². The molecule has 0 aliphatic heterocycles. The first-order chi connectivity index (χ1) is 17.7. The van der Waals surface area contributed by atoms with Crippen molar-refractivity contribution in [2.45, 2.75) is 70.7 Å². The highest BCUT2D eigenvalue weighted by atomic mass is 16.5. The smallest absolute Gasteiger partial charge is 0.153 e. The van der Waals surface area contributed by atoms with Crippen LogP contribution in [0.25, 0.3) is 0 Å². The highest BCUT2D eigenvalue weighted by molar-refractivity contribution is 5.80. The zero-order valence-electron chi connectivity index (χ0n) is 21.2. The van der Waals surface area contributed by atoms with Crippen molar-refractivity contribution in [3.8, 4) is 5.75 Å². The van der Waals surface area contributed by atoms with E-state index >= 15 is 0 Å². The molecule has 6 rings (SSSR count). The van der Waals surface area contributed by atoms with Crippen molar-refractivity contribution in [1.82, 2.24) is 0 Å². The Kier molecular flexibility index (Phi) is 6.43. The Balaban J connectivity index is 1.19. The number of hydrogen-bond donors (Lipinski definition) is 0. The quantitative estimate of drug-likeness (QED) is 0.328. The van der Waals surface area contributed by atoms with Crippen molar-refractivity contribution in [1.29, 1.82) is 0 Å². The molecule has 0 N–H and O–H groups in total. The Morgan fingerprint density at radius 3 is 2.33 bits per heavy atom. The second-order valence-corrected chi connectivity index (χ2v) is 11.3. The summed E-state index contributed by atoms with van der Waals surface area (Å²) in [5.41, 5.74) is 6.09. The monoisotopic (exact) mass is 480 g/mol. The fourth-order valence-corrected chi connectivity index (χ4v) is 7.57. The van der Waals surface area contributed by atoms with Crippen LogP contribution in [0.15, 0.2) is 72.8 Å². The average Bonchev–Trinajstić information content (AvgIpc) is 3.27. The lowest BCUT2D eigenvalue weighted by atomic mass is 9.55. The molecule has 186 valence electrons. The molecule has 36 heavy (non-hydrogen) atoms. The van der Waals surface area contributed by atoms with Crippen LogP contribution in [0.4, 0.5) is 0 Å². The number of carbonyl (C=O) groups is 1. The standard InChI is InChI=1S/C33H36O3/c1-33-17-16-27-28(30(33)14-15-32(33)36-22-24-10-6-3-7-11-24)13-12-25-19-31(26(20-34)18-29(25)27)35-21-23-8-4-2-5-9-23/h2-11,18-20,27-28,30,32H,12-17,21-22H2,1H3/t27-,28+,30+,32+,33+/m1/s1. The Morgan fingerprint density at radius 1 is 0.889 bits per heavy atom. The van der Waals surface area contributed by atoms with E-state index in [9.17, 15) is 4.79 Å². The van der Waals surface area contributed by atoms with E-state index in [-0.39, 0.29) is 5.41 Å². The minimum atomic E-state index is 0.250. The molecule has 3 aromatic carbocycles. The largest absolute Gasteiger partial charge is 0.488 e. The molecule has 0 saturated heterocycles. The van der Waals surface area contributed by atoms with Crippen LogP contribution in [0.5, 0.6) is 5.75 Å². The van der Waals surface area contributed by atoms with Crippen molar-refractivity contribution in [3.63, 3.8) is 0 Å². The molecule has 0 amide bonds. The zero-order valence-corrected chi connectivity index (χ0v) is 21.2. The fraction of sp³-hybridized carbons (Fsp3) is 0.424. The van der Waals surface area contributed by atoms with Gasteiger partial charge < -0.3 is 9.47 Å². The van der Waals surface area contributed by atoms with Crippen molar-refractivity contribution in [2.75, 3.05) is 0 Å². The number of carbonyl (C=O) groups excluding carboxylic acids is 1. The van der Waals surface area contributed by atoms with Gasteiger partial charge in [0, 0.05) is 0 Å². The highest BCUT2D eigenvalue weighted by Gasteiger charge is 2.55. The van der Waals surface area contributed by atoms with Crippen LogP contribution >= 0.6 is 0 Å². The van der Waals surface area contributed by atoms with Gasteiger partial charge in [0.05, 0.1) is 18.3 Å². The summed E-state index contributed by atoms with van der Waals surface area (Å²) in [6.07, 6.45) is 8.39. The Hall–Kier alpha value is -2.91. The first-order valence-electron chi connectivity index (χ1n) is 13.6. The van der Waals surface area contributed by atoms with Gasteiger partial charge in [-0.1, -0.05) is 67.6 Å². The SMILES string of the molecule is C[C@]12CC[C@H]3c4cc(C=O)c(OCc5ccccc5)cc4CC[C@@H]3[C@@H]1CC[C@@H]2OCc1ccccc1. The van der Waals surface area contributed by atoms with Gasteiger partial charge in [0.1, 0.15) is 12.4 Å². The van der Waals surface area contributed by atoms with Gasteiger partial charge in [-0.3, -0.25) is 4.79 Å². The molecule has 0 aromatic heterocycles. The summed E-state index contributed by atoms with van der Waals surface area (Å²) in [5, 5.41) is 0. The first-order valence-corrected chi connectivity index (χ1v) is 13.6. The van der Waals surface area contributed by atoms with Gasteiger partial charge in [-0.15, -0.1) is 0 Å². The second kappa shape index (κ2) is 9.86. The minimum Gasteiger partial charge on any atom is -0.488 e. The Labute approximate surface area is 214 Å². The maximum atomic E-state index is 12.1. The molecular formula is C33H36O3. The third-order valence-corrected chi connectivity index (χ3v) is 9.43. The van der Waals surface area contributed by atoms with Crippen LogP contribution in [0.2, 0.25) is 0 Å². The van der Waals surface area contributed by atoms with Crippen LogP contribution in [-0.4, -0.2) is 12.4 Å². The van der Waals surface area contributed by atoms with E-state index in [4.69, 9.17) is 9.47 Å². The van der Waals surface area contributed by atoms with Gasteiger partial charge in [0.15, 0.2) is 6.29 Å². The molecule has 0 bridgehead atoms. The lowest BCUT2D eigenvalue weighted by Gasteiger charge is -2.50. The molecule has 2 fully saturated rings. The molecule has 0 heterocycles. The lowest BCUT2D eigenvalue weighted by molar-refractivity contribution is -0.0707. The molecule has 3 aliphatic rings. The number of hydrogen-bond acceptors (Lipinski definition) is 3. The number of fused-ring (bicyclic) bond motifs is 5. The summed E-state index contributed by atoms with van der Waals surface area (Å²) in [6.45, 7) is 3.68. The fourth-order valence-electron chi connectivity index (χ4n) is 7.57. The van der Waals surface area contributed by atoms with Gasteiger partial charge in [0.25, 0.3) is 0 Å². The summed E-state index contributed by atoms with van der Waals surface area (Å²) >= 11 is 0. The number of aldehydes is 1. The highest BCUT2D eigenvalue weighted by Crippen LogP contribution is 2.61. The van der Waals surface area contributed by atoms with Crippen LogP contribution in [-0.2, 0) is 24.4 Å². The normalized spacial score (nSPS) is 28.6. The van der Waals surface area contributed by atoms with E-state index in [2.05, 4.69) is 61.5 Å². The second-order valence-electron chi connectivity index (χ2n) is 11.3. The van der Waals surface area contributed by atoms with Gasteiger partial charge in [-0.25, -0.2) is 0 Å². The molecular weight excluding hydrogens is 444 g/mol. The molecule has 3 aromatic rings. The minimum absolute atomic E-state index is 0.250. The third kappa shape index (κ3) is 4.28. The van der Waals surface area contributed by atoms with Gasteiger partial charge in [-0.2, -0.15) is 0 Å². The topological polar surface area (TPSA) is 35.5 Å². The van der Waals surface area contributed by atoms with E-state index in [1.165, 1.54) is 42.4 Å². The molecule has 3 heteroatoms. The van der Waals surface area contributed by atoms with Crippen molar-refractivity contribution >= 4 is 6.29 Å². The maximum absolute atomic E-state index is 12.1. The predicted molar refractivity (Wildman–Crippen MR) is 142 cm³/mol. The van der Waals surface area contributed by atoms with Crippen LogP contribution in [0.1, 0.15) is 77.6 Å². The van der Waals surface area contributed by atoms with E-state index < -0.39 is 0 Å². The summed E-state index contributed by atoms with van der Waals surface area (Å²) in [5.74, 6) is 2.64. The molecule has 3 aliphatic carbocycles. The van der Waals surface area contributed by atoms with Gasteiger partial charge >= 0.3 is 0 Å². The zero-order chi connectivity index (χ0) is 24.5. The molecule has 0 spiro atoms. The average molecular weight is 481 g/mol. The molecule has 5 atom stereocenters. The van der Waals surface area contributed by atoms with E-state index in [1.54, 1.807) is 0 Å². The first kappa shape index (κ1) is 23.5. The number of ether oxygens (including phenoxy) is 2. The number of rotatable bonds is 7. The summed E-state index contributed by atoms with van der Waals surface area (Å²) in [7, 11) is 0. The van der Waals surface area contributed by atoms with Crippen LogP contribution in [0, 0.1) is 17.3 Å². The molecule has 0 radical (unpaired) electrons. The molecule has 3 nitrogen and oxygen atoms in total. The molecule has 2 saturated carbocycles. The Bertz CT molecular complexity index is 1200. The van der Waals surface area contributed by atoms with E-state index in [1.807, 2.05) is 18.2 Å². The maximum Gasteiger partial charge on any atom is 0.153 e. The van der Waals surface area contributed by atoms with E-state index in [0.717, 1.165) is 30.4 Å². The van der Waals surface area contributed by atoms with E-state index in [0.29, 0.717) is 42.6 Å². The lowest BCUT2D eigenvalue weighted by Crippen LogP contribution is -2.44. The van der Waals surface area contributed by atoms with Gasteiger partial charge in [-0.05, 0) is 96.1 Å². The van der Waals surface area contributed by atoms with Crippen molar-refractivity contribution in [2.24, 2.45) is 17.3 Å². The summed E-state index contributed by atoms with van der Waals surface area (Å²) in [6, 6.07) is 25.0. The predicted octanol–water partition coefficient (Wildman–Crippen LogP) is 7.52. The van der Waals surface area contributed by atoms with Crippen molar-refractivity contribution in [3.05, 3.63) is 101 Å². The third-order valence-electron chi connectivity index (χ3n) is 9.43. The molecule has 0 unspecified atom stereocenters. The van der Waals surface area contributed by atoms with Crippen molar-refractivity contribution < 1.29 is 14.3 Å². The summed E-state index contributed by atoms with van der Waals surface area (Å²) < 4.78 is 12.7. The number of benzene rings is 3. The van der Waals surface area contributed by atoms with Crippen LogP contribution < -0.4 is 4.74 Å².